The summed E-state index contributed by atoms with van der Waals surface area (Å²) >= 11 is 0. The van der Waals surface area contributed by atoms with E-state index < -0.39 is 0 Å². The Bertz CT molecular complexity index is 203. The lowest BCUT2D eigenvalue weighted by molar-refractivity contribution is 0.171. The quantitative estimate of drug-likeness (QED) is 0.658. The summed E-state index contributed by atoms with van der Waals surface area (Å²) in [7, 11) is 0. The van der Waals surface area contributed by atoms with Crippen molar-refractivity contribution in [1.82, 2.24) is 15.5 Å². The minimum absolute atomic E-state index is 0.766. The Balaban J connectivity index is 1.57. The molecule has 0 amide bonds. The van der Waals surface area contributed by atoms with Gasteiger partial charge in [-0.25, -0.2) is 0 Å². The SMILES string of the molecule is C1CCN2CCC(NC3CNC3)C2C1. The van der Waals surface area contributed by atoms with E-state index in [-0.39, 0.29) is 0 Å². The molecule has 3 fully saturated rings. The summed E-state index contributed by atoms with van der Waals surface area (Å²) in [6, 6.07) is 2.42. The first-order valence-corrected chi connectivity index (χ1v) is 6.14. The fraction of sp³-hybridized carbons (Fsp3) is 1.00. The van der Waals surface area contributed by atoms with Crippen LogP contribution in [0.5, 0.6) is 0 Å². The predicted octanol–water partition coefficient (Wildman–Crippen LogP) is 0.175. The largest absolute Gasteiger partial charge is 0.314 e. The summed E-state index contributed by atoms with van der Waals surface area (Å²) in [6.45, 7) is 5.06. The second kappa shape index (κ2) is 3.80. The third-order valence-corrected chi connectivity index (χ3v) is 4.09. The van der Waals surface area contributed by atoms with Crippen LogP contribution in [-0.2, 0) is 0 Å². The van der Waals surface area contributed by atoms with Gasteiger partial charge in [-0.15, -0.1) is 0 Å². The van der Waals surface area contributed by atoms with Crippen molar-refractivity contribution in [3.8, 4) is 0 Å². The number of nitrogens with zero attached hydrogens (tertiary/aromatic N) is 1. The molecule has 3 aliphatic rings. The Morgan fingerprint density at radius 1 is 1.07 bits per heavy atom. The molecule has 0 aliphatic carbocycles. The zero-order valence-corrected chi connectivity index (χ0v) is 8.84. The highest BCUT2D eigenvalue weighted by Gasteiger charge is 2.36. The Kier molecular flexibility index (Phi) is 2.48. The Hall–Kier alpha value is -0.120. The second-order valence-electron chi connectivity index (χ2n) is 5.02. The van der Waals surface area contributed by atoms with Crippen molar-refractivity contribution in [2.24, 2.45) is 0 Å². The Morgan fingerprint density at radius 3 is 2.79 bits per heavy atom. The maximum Gasteiger partial charge on any atom is 0.0320 e. The summed E-state index contributed by atoms with van der Waals surface area (Å²) in [5, 5.41) is 7.14. The molecule has 14 heavy (non-hydrogen) atoms. The molecule has 0 aromatic rings. The van der Waals surface area contributed by atoms with E-state index in [1.165, 1.54) is 51.9 Å². The molecule has 3 heteroatoms. The average molecular weight is 195 g/mol. The molecule has 3 saturated heterocycles. The van der Waals surface area contributed by atoms with Crippen molar-refractivity contribution in [3.05, 3.63) is 0 Å². The van der Waals surface area contributed by atoms with E-state index in [9.17, 15) is 0 Å². The van der Waals surface area contributed by atoms with Gasteiger partial charge in [-0.1, -0.05) is 6.42 Å². The van der Waals surface area contributed by atoms with Crippen LogP contribution >= 0.6 is 0 Å². The minimum Gasteiger partial charge on any atom is -0.314 e. The molecule has 3 heterocycles. The lowest BCUT2D eigenvalue weighted by Crippen LogP contribution is -2.60. The van der Waals surface area contributed by atoms with Gasteiger partial charge in [-0.2, -0.15) is 0 Å². The number of fused-ring (bicyclic) bond motifs is 1. The fourth-order valence-electron chi connectivity index (χ4n) is 3.15. The van der Waals surface area contributed by atoms with Crippen LogP contribution in [0.2, 0.25) is 0 Å². The highest BCUT2D eigenvalue weighted by atomic mass is 15.2. The molecule has 3 nitrogen and oxygen atoms in total. The van der Waals surface area contributed by atoms with Gasteiger partial charge in [-0.05, 0) is 25.8 Å². The maximum absolute atomic E-state index is 3.81. The van der Waals surface area contributed by atoms with E-state index in [0.717, 1.165) is 18.1 Å². The number of hydrogen-bond donors (Lipinski definition) is 2. The van der Waals surface area contributed by atoms with Gasteiger partial charge in [0.05, 0.1) is 0 Å². The van der Waals surface area contributed by atoms with Crippen LogP contribution in [0.3, 0.4) is 0 Å². The van der Waals surface area contributed by atoms with Gasteiger partial charge in [0.25, 0.3) is 0 Å². The first-order valence-electron chi connectivity index (χ1n) is 6.14. The summed E-state index contributed by atoms with van der Waals surface area (Å²) in [4.78, 5) is 2.70. The minimum atomic E-state index is 0.766. The van der Waals surface area contributed by atoms with Gasteiger partial charge in [0.2, 0.25) is 0 Å². The predicted molar refractivity (Wildman–Crippen MR) is 57.4 cm³/mol. The fourth-order valence-corrected chi connectivity index (χ4v) is 3.15. The summed E-state index contributed by atoms with van der Waals surface area (Å²) in [6.07, 6.45) is 5.68. The summed E-state index contributed by atoms with van der Waals surface area (Å²) < 4.78 is 0. The van der Waals surface area contributed by atoms with Crippen LogP contribution in [0.1, 0.15) is 25.7 Å². The zero-order chi connectivity index (χ0) is 9.38. The first kappa shape index (κ1) is 9.13. The van der Waals surface area contributed by atoms with Gasteiger partial charge >= 0.3 is 0 Å². The molecule has 0 spiro atoms. The van der Waals surface area contributed by atoms with Crippen molar-refractivity contribution in [1.29, 1.82) is 0 Å². The molecule has 0 aromatic carbocycles. The monoisotopic (exact) mass is 195 g/mol. The van der Waals surface area contributed by atoms with Crippen LogP contribution < -0.4 is 10.6 Å². The Morgan fingerprint density at radius 2 is 2.00 bits per heavy atom. The van der Waals surface area contributed by atoms with Gasteiger partial charge < -0.3 is 10.6 Å². The lowest BCUT2D eigenvalue weighted by Gasteiger charge is -2.37. The number of nitrogens with one attached hydrogen (secondary N) is 2. The normalized spacial score (nSPS) is 39.4. The molecule has 0 saturated carbocycles. The van der Waals surface area contributed by atoms with Crippen LogP contribution in [0.25, 0.3) is 0 Å². The molecule has 0 bridgehead atoms. The topological polar surface area (TPSA) is 27.3 Å². The van der Waals surface area contributed by atoms with Crippen molar-refractivity contribution in [2.45, 2.75) is 43.8 Å². The average Bonchev–Trinajstić information content (AvgIpc) is 2.55. The summed E-state index contributed by atoms with van der Waals surface area (Å²) in [5.74, 6) is 0. The number of piperidine rings is 1. The highest BCUT2D eigenvalue weighted by Crippen LogP contribution is 2.27. The van der Waals surface area contributed by atoms with Gasteiger partial charge in [0, 0.05) is 37.8 Å². The summed E-state index contributed by atoms with van der Waals surface area (Å²) in [5.41, 5.74) is 0. The smallest absolute Gasteiger partial charge is 0.0320 e. The van der Waals surface area contributed by atoms with E-state index in [2.05, 4.69) is 15.5 Å². The van der Waals surface area contributed by atoms with Gasteiger partial charge in [0.1, 0.15) is 0 Å². The van der Waals surface area contributed by atoms with Crippen LogP contribution in [0.4, 0.5) is 0 Å². The Labute approximate surface area is 86.2 Å². The molecule has 0 aromatic heterocycles. The maximum atomic E-state index is 3.81. The molecule has 3 rings (SSSR count). The van der Waals surface area contributed by atoms with E-state index in [0.29, 0.717) is 0 Å². The number of rotatable bonds is 2. The number of hydrogen-bond acceptors (Lipinski definition) is 3. The molecule has 80 valence electrons. The zero-order valence-electron chi connectivity index (χ0n) is 8.84. The van der Waals surface area contributed by atoms with E-state index >= 15 is 0 Å². The van der Waals surface area contributed by atoms with Crippen molar-refractivity contribution >= 4 is 0 Å². The lowest BCUT2D eigenvalue weighted by atomic mass is 9.98. The molecule has 2 atom stereocenters. The van der Waals surface area contributed by atoms with Crippen molar-refractivity contribution < 1.29 is 0 Å². The highest BCUT2D eigenvalue weighted by molar-refractivity contribution is 4.97. The van der Waals surface area contributed by atoms with Crippen LogP contribution in [0, 0.1) is 0 Å². The molecular formula is C11H21N3. The van der Waals surface area contributed by atoms with Crippen molar-refractivity contribution in [2.75, 3.05) is 26.2 Å². The van der Waals surface area contributed by atoms with E-state index in [1.807, 2.05) is 0 Å². The van der Waals surface area contributed by atoms with Gasteiger partial charge in [-0.3, -0.25) is 4.90 Å². The van der Waals surface area contributed by atoms with E-state index in [4.69, 9.17) is 0 Å². The third-order valence-electron chi connectivity index (χ3n) is 4.09. The van der Waals surface area contributed by atoms with Gasteiger partial charge in [0.15, 0.2) is 0 Å². The standard InChI is InChI=1S/C11H21N3/c1-2-5-14-6-4-10(11(14)3-1)13-9-7-12-8-9/h9-13H,1-8H2. The molecule has 0 radical (unpaired) electrons. The van der Waals surface area contributed by atoms with E-state index in [1.54, 1.807) is 0 Å². The first-order chi connectivity index (χ1) is 6.93. The van der Waals surface area contributed by atoms with Crippen LogP contribution in [0.15, 0.2) is 0 Å². The molecule has 2 N–H and O–H groups in total. The molecule has 2 unspecified atom stereocenters. The molecule has 3 aliphatic heterocycles. The van der Waals surface area contributed by atoms with Crippen molar-refractivity contribution in [3.63, 3.8) is 0 Å². The second-order valence-corrected chi connectivity index (χ2v) is 5.02. The molecular weight excluding hydrogens is 174 g/mol. The van der Waals surface area contributed by atoms with Crippen LogP contribution in [-0.4, -0.2) is 49.2 Å². The third kappa shape index (κ3) is 1.58.